The SMILES string of the molecule is c1ccc(-c2ccc(N(c3ccc(-c4ccccc4)cc3)c3ccc4c(c3)C3(c5ccccc5-4)c4ccccc4-c4oc5ccccc5c43)cc2)cc1. The van der Waals surface area contributed by atoms with Gasteiger partial charge in [-0.2, -0.15) is 0 Å². The van der Waals surface area contributed by atoms with Gasteiger partial charge in [0.2, 0.25) is 0 Å². The summed E-state index contributed by atoms with van der Waals surface area (Å²) in [4.78, 5) is 2.40. The van der Waals surface area contributed by atoms with Crippen molar-refractivity contribution in [1.29, 1.82) is 0 Å². The minimum absolute atomic E-state index is 0.527. The summed E-state index contributed by atoms with van der Waals surface area (Å²) in [5.41, 5.74) is 17.3. The number of hydrogen-bond donors (Lipinski definition) is 0. The van der Waals surface area contributed by atoms with Crippen LogP contribution in [0.3, 0.4) is 0 Å². The minimum Gasteiger partial charge on any atom is -0.456 e. The van der Waals surface area contributed by atoms with Crippen molar-refractivity contribution in [2.75, 3.05) is 4.90 Å². The largest absolute Gasteiger partial charge is 0.456 e. The number of nitrogens with zero attached hydrogens (tertiary/aromatic N) is 1. The predicted octanol–water partition coefficient (Wildman–Crippen LogP) is 13.6. The molecule has 9 aromatic rings. The lowest BCUT2D eigenvalue weighted by atomic mass is 9.70. The molecular weight excluding hydrogens is 643 g/mol. The first-order chi connectivity index (χ1) is 26.3. The Labute approximate surface area is 308 Å². The van der Waals surface area contributed by atoms with E-state index in [-0.39, 0.29) is 0 Å². The van der Waals surface area contributed by atoms with Gasteiger partial charge >= 0.3 is 0 Å². The summed E-state index contributed by atoms with van der Waals surface area (Å²) >= 11 is 0. The molecule has 0 radical (unpaired) electrons. The van der Waals surface area contributed by atoms with Crippen molar-refractivity contribution >= 4 is 28.0 Å². The van der Waals surface area contributed by atoms with Gasteiger partial charge in [0.25, 0.3) is 0 Å². The molecule has 2 aliphatic rings. The molecule has 11 rings (SSSR count). The Morgan fingerprint density at radius 2 is 0.830 bits per heavy atom. The predicted molar refractivity (Wildman–Crippen MR) is 218 cm³/mol. The van der Waals surface area contributed by atoms with Gasteiger partial charge in [-0.05, 0) is 92.5 Å². The molecule has 0 saturated carbocycles. The van der Waals surface area contributed by atoms with Crippen LogP contribution in [0.2, 0.25) is 0 Å². The van der Waals surface area contributed by atoms with Crippen LogP contribution in [-0.2, 0) is 5.41 Å². The van der Waals surface area contributed by atoms with Crippen LogP contribution in [-0.4, -0.2) is 0 Å². The summed E-state index contributed by atoms with van der Waals surface area (Å²) in [6, 6.07) is 72.5. The lowest BCUT2D eigenvalue weighted by Crippen LogP contribution is -2.26. The molecule has 0 saturated heterocycles. The highest BCUT2D eigenvalue weighted by atomic mass is 16.3. The Hall–Kier alpha value is -6.90. The third-order valence-electron chi connectivity index (χ3n) is 11.3. The molecule has 8 aromatic carbocycles. The van der Waals surface area contributed by atoms with E-state index >= 15 is 0 Å². The van der Waals surface area contributed by atoms with E-state index in [2.05, 4.69) is 205 Å². The molecule has 2 aliphatic carbocycles. The van der Waals surface area contributed by atoms with Crippen molar-refractivity contribution in [2.45, 2.75) is 5.41 Å². The number of para-hydroxylation sites is 1. The summed E-state index contributed by atoms with van der Waals surface area (Å²) in [5.74, 6) is 0.972. The fourth-order valence-electron chi connectivity index (χ4n) is 9.03. The zero-order chi connectivity index (χ0) is 34.9. The first-order valence-corrected chi connectivity index (χ1v) is 18.3. The van der Waals surface area contributed by atoms with Crippen LogP contribution < -0.4 is 4.90 Å². The van der Waals surface area contributed by atoms with Crippen LogP contribution in [0.15, 0.2) is 205 Å². The van der Waals surface area contributed by atoms with E-state index in [4.69, 9.17) is 4.42 Å². The molecule has 2 heteroatoms. The van der Waals surface area contributed by atoms with E-state index < -0.39 is 5.41 Å². The Kier molecular flexibility index (Phi) is 6.50. The highest BCUT2D eigenvalue weighted by Gasteiger charge is 2.54. The van der Waals surface area contributed by atoms with Gasteiger partial charge in [0.1, 0.15) is 11.3 Å². The van der Waals surface area contributed by atoms with Crippen molar-refractivity contribution in [2.24, 2.45) is 0 Å². The fourth-order valence-corrected chi connectivity index (χ4v) is 9.03. The number of fused-ring (bicyclic) bond motifs is 12. The lowest BCUT2D eigenvalue weighted by Gasteiger charge is -2.32. The Morgan fingerprint density at radius 3 is 1.47 bits per heavy atom. The molecule has 0 fully saturated rings. The maximum atomic E-state index is 6.75. The highest BCUT2D eigenvalue weighted by Crippen LogP contribution is 2.65. The molecule has 0 bridgehead atoms. The molecule has 0 amide bonds. The first kappa shape index (κ1) is 29.8. The normalized spacial score (nSPS) is 14.9. The standard InChI is InChI=1S/C51H33NO/c1-3-13-34(14-4-1)36-23-27-38(28-24-36)52(39-29-25-37(26-30-39)35-15-5-2-6-16-35)40-31-32-42-41-17-7-10-20-45(41)51(47(42)33-40)46-21-11-8-18-43(46)50-49(51)44-19-9-12-22-48(44)53-50/h1-33H. The molecular formula is C51H33NO. The highest BCUT2D eigenvalue weighted by molar-refractivity contribution is 6.02. The Morgan fingerprint density at radius 1 is 0.358 bits per heavy atom. The molecule has 1 heterocycles. The van der Waals surface area contributed by atoms with E-state index in [1.54, 1.807) is 0 Å². The van der Waals surface area contributed by atoms with Crippen LogP contribution in [0, 0.1) is 0 Å². The average Bonchev–Trinajstić information content (AvgIpc) is 3.86. The second-order valence-electron chi connectivity index (χ2n) is 14.0. The third-order valence-corrected chi connectivity index (χ3v) is 11.3. The molecule has 1 unspecified atom stereocenters. The topological polar surface area (TPSA) is 16.4 Å². The van der Waals surface area contributed by atoms with E-state index in [9.17, 15) is 0 Å². The van der Waals surface area contributed by atoms with Gasteiger partial charge < -0.3 is 9.32 Å². The van der Waals surface area contributed by atoms with Crippen molar-refractivity contribution in [3.8, 4) is 44.7 Å². The fraction of sp³-hybridized carbons (Fsp3) is 0.0196. The van der Waals surface area contributed by atoms with Gasteiger partial charge in [-0.25, -0.2) is 0 Å². The Balaban J connectivity index is 1.15. The summed E-state index contributed by atoms with van der Waals surface area (Å²) in [6.45, 7) is 0. The van der Waals surface area contributed by atoms with Crippen molar-refractivity contribution in [3.63, 3.8) is 0 Å². The summed E-state index contributed by atoms with van der Waals surface area (Å²) in [7, 11) is 0. The number of furan rings is 1. The molecule has 1 spiro atoms. The van der Waals surface area contributed by atoms with Crippen LogP contribution in [0.5, 0.6) is 0 Å². The van der Waals surface area contributed by atoms with Crippen molar-refractivity contribution < 1.29 is 4.42 Å². The van der Waals surface area contributed by atoms with Crippen LogP contribution in [0.1, 0.15) is 22.3 Å². The van der Waals surface area contributed by atoms with Gasteiger partial charge in [-0.3, -0.25) is 0 Å². The van der Waals surface area contributed by atoms with Gasteiger partial charge in [0, 0.05) is 33.6 Å². The summed E-state index contributed by atoms with van der Waals surface area (Å²) in [5, 5.41) is 1.16. The molecule has 2 nitrogen and oxygen atoms in total. The molecule has 0 N–H and O–H groups in total. The third kappa shape index (κ3) is 4.33. The zero-order valence-electron chi connectivity index (χ0n) is 28.9. The molecule has 53 heavy (non-hydrogen) atoms. The number of hydrogen-bond acceptors (Lipinski definition) is 2. The second-order valence-corrected chi connectivity index (χ2v) is 14.0. The second kappa shape index (κ2) is 11.6. The number of rotatable bonds is 5. The monoisotopic (exact) mass is 675 g/mol. The van der Waals surface area contributed by atoms with Crippen molar-refractivity contribution in [1.82, 2.24) is 0 Å². The zero-order valence-corrected chi connectivity index (χ0v) is 28.9. The Bertz CT molecular complexity index is 2730. The summed E-state index contributed by atoms with van der Waals surface area (Å²) < 4.78 is 6.75. The van der Waals surface area contributed by atoms with Gasteiger partial charge in [-0.1, -0.05) is 158 Å². The molecule has 1 aromatic heterocycles. The lowest BCUT2D eigenvalue weighted by molar-refractivity contribution is 0.628. The molecule has 0 aliphatic heterocycles. The van der Waals surface area contributed by atoms with Crippen LogP contribution in [0.25, 0.3) is 55.7 Å². The van der Waals surface area contributed by atoms with E-state index in [1.807, 2.05) is 0 Å². The van der Waals surface area contributed by atoms with Gasteiger partial charge in [0.05, 0.1) is 5.41 Å². The maximum absolute atomic E-state index is 6.75. The number of benzene rings is 8. The quantitative estimate of drug-likeness (QED) is 0.181. The van der Waals surface area contributed by atoms with E-state index in [1.165, 1.54) is 55.6 Å². The van der Waals surface area contributed by atoms with Crippen molar-refractivity contribution in [3.05, 3.63) is 222 Å². The molecule has 248 valence electrons. The smallest absolute Gasteiger partial charge is 0.140 e. The van der Waals surface area contributed by atoms with E-state index in [0.29, 0.717) is 0 Å². The van der Waals surface area contributed by atoms with Crippen LogP contribution >= 0.6 is 0 Å². The van der Waals surface area contributed by atoms with Gasteiger partial charge in [-0.15, -0.1) is 0 Å². The number of anilines is 3. The molecule has 1 atom stereocenters. The van der Waals surface area contributed by atoms with Crippen LogP contribution in [0.4, 0.5) is 17.1 Å². The first-order valence-electron chi connectivity index (χ1n) is 18.3. The average molecular weight is 676 g/mol. The summed E-state index contributed by atoms with van der Waals surface area (Å²) in [6.07, 6.45) is 0. The van der Waals surface area contributed by atoms with E-state index in [0.717, 1.165) is 39.4 Å². The minimum atomic E-state index is -0.527. The maximum Gasteiger partial charge on any atom is 0.140 e. The van der Waals surface area contributed by atoms with Gasteiger partial charge in [0.15, 0.2) is 0 Å².